The van der Waals surface area contributed by atoms with E-state index in [9.17, 15) is 11.0 Å². The molecular formula is C20H28N4O2. The molecule has 6 rings (SSSR count). The second-order valence-corrected chi connectivity index (χ2v) is 6.07. The van der Waals surface area contributed by atoms with Crippen LogP contribution in [-0.4, -0.2) is 19.1 Å². The summed E-state index contributed by atoms with van der Waals surface area (Å²) in [6, 6.07) is 0. The summed E-state index contributed by atoms with van der Waals surface area (Å²) in [4.78, 5) is 33.3. The maximum atomic E-state index is 13.6. The Hall–Kier alpha value is -1.85. The van der Waals surface area contributed by atoms with E-state index in [2.05, 4.69) is 9.97 Å². The van der Waals surface area contributed by atoms with E-state index in [1.54, 1.807) is 0 Å². The molecule has 4 bridgehead atoms. The molecule has 6 heteroatoms. The molecule has 2 aromatic rings. The van der Waals surface area contributed by atoms with Gasteiger partial charge in [-0.25, -0.2) is 9.78 Å². The zero-order chi connectivity index (χ0) is 33.4. The first-order valence-corrected chi connectivity index (χ1v) is 8.32. The Morgan fingerprint density at radius 1 is 1.19 bits per heavy atom. The van der Waals surface area contributed by atoms with Gasteiger partial charge in [0.2, 0.25) is 0 Å². The summed E-state index contributed by atoms with van der Waals surface area (Å²) in [7, 11) is 0. The molecule has 2 atom stereocenters. The molecule has 0 aromatic carbocycles. The summed E-state index contributed by atoms with van der Waals surface area (Å²) < 4.78 is 149. The summed E-state index contributed by atoms with van der Waals surface area (Å²) in [5.74, 6) is -12.7. The average Bonchev–Trinajstić information content (AvgIpc) is 3.35. The van der Waals surface area contributed by atoms with Crippen LogP contribution in [0, 0.1) is 17.7 Å². The van der Waals surface area contributed by atoms with Crippen LogP contribution in [0.5, 0.6) is 0 Å². The van der Waals surface area contributed by atoms with Crippen molar-refractivity contribution in [3.05, 3.63) is 26.7 Å². The van der Waals surface area contributed by atoms with E-state index < -0.39 is 109 Å². The fourth-order valence-corrected chi connectivity index (χ4v) is 3.39. The molecule has 0 radical (unpaired) electrons. The van der Waals surface area contributed by atoms with Gasteiger partial charge in [-0.1, -0.05) is 13.8 Å². The molecule has 6 nitrogen and oxygen atoms in total. The zero-order valence-electron chi connectivity index (χ0n) is 31.1. The lowest BCUT2D eigenvalue weighted by Crippen LogP contribution is -2.40. The lowest BCUT2D eigenvalue weighted by molar-refractivity contribution is 0.262. The van der Waals surface area contributed by atoms with Crippen molar-refractivity contribution < 1.29 is 23.3 Å². The monoisotopic (exact) mass is 373 g/mol. The number of hydrogen-bond donors (Lipinski definition) is 1. The van der Waals surface area contributed by atoms with E-state index in [1.165, 1.54) is 13.8 Å². The van der Waals surface area contributed by atoms with E-state index >= 15 is 0 Å². The van der Waals surface area contributed by atoms with Crippen LogP contribution in [0.25, 0.3) is 11.2 Å². The van der Waals surface area contributed by atoms with Gasteiger partial charge < -0.3 is 4.98 Å². The first kappa shape index (κ1) is 6.35. The maximum absolute atomic E-state index is 13.6. The van der Waals surface area contributed by atoms with Crippen LogP contribution < -0.4 is 11.2 Å². The van der Waals surface area contributed by atoms with Crippen LogP contribution in [0.3, 0.4) is 0 Å². The van der Waals surface area contributed by atoms with Crippen molar-refractivity contribution in [3.8, 4) is 0 Å². The van der Waals surface area contributed by atoms with E-state index in [0.717, 1.165) is 0 Å². The van der Waals surface area contributed by atoms with Crippen LogP contribution >= 0.6 is 0 Å². The van der Waals surface area contributed by atoms with Gasteiger partial charge in [-0.2, -0.15) is 0 Å². The number of nitrogens with one attached hydrogen (secondary N) is 1. The number of fused-ring (bicyclic) bond motifs is 1. The SMILES string of the molecule is [2H]C([2H])(CC)n1c(=O)c2[nH]c(C34C([2H])([2H])C5([2H])C([2H])([2H])C([2H])(C([2H])([2H])C3([2H])C5([2H])[2H])C4([2H])[2H])nc2n(C([2H])([2H])CC)c1=O. The molecule has 2 aromatic heterocycles. The van der Waals surface area contributed by atoms with Crippen molar-refractivity contribution in [2.24, 2.45) is 17.7 Å². The van der Waals surface area contributed by atoms with Gasteiger partial charge in [0, 0.05) is 39.0 Å². The van der Waals surface area contributed by atoms with Crippen molar-refractivity contribution in [1.29, 1.82) is 0 Å². The Bertz CT molecular complexity index is 1660. The van der Waals surface area contributed by atoms with Gasteiger partial charge in [0.15, 0.2) is 5.65 Å². The third-order valence-corrected chi connectivity index (χ3v) is 4.43. The molecule has 26 heavy (non-hydrogen) atoms. The summed E-state index contributed by atoms with van der Waals surface area (Å²) in [6.07, 6.45) is -20.4. The van der Waals surface area contributed by atoms with Crippen molar-refractivity contribution in [1.82, 2.24) is 19.1 Å². The minimum atomic E-state index is -3.91. The summed E-state index contributed by atoms with van der Waals surface area (Å²) in [5, 5.41) is 0. The van der Waals surface area contributed by atoms with Gasteiger partial charge >= 0.3 is 5.69 Å². The quantitative estimate of drug-likeness (QED) is 0.876. The second kappa shape index (κ2) is 5.57. The Morgan fingerprint density at radius 3 is 2.50 bits per heavy atom. The molecular weight excluding hydrogens is 328 g/mol. The highest BCUT2D eigenvalue weighted by Gasteiger charge is 2.59. The van der Waals surface area contributed by atoms with Crippen LogP contribution in [0.2, 0.25) is 0 Å². The minimum Gasteiger partial charge on any atom is -0.336 e. The number of aromatic nitrogens is 4. The fraction of sp³-hybridized carbons (Fsp3) is 0.750. The second-order valence-electron chi connectivity index (χ2n) is 6.07. The zero-order valence-corrected chi connectivity index (χ0v) is 14.1. The highest BCUT2D eigenvalue weighted by Crippen LogP contribution is 2.65. The molecule has 0 aliphatic heterocycles. The van der Waals surface area contributed by atoms with Crippen LogP contribution in [-0.2, 0) is 18.4 Å². The highest BCUT2D eigenvalue weighted by molar-refractivity contribution is 5.70. The molecule has 0 amide bonds. The number of hydrogen-bond acceptors (Lipinski definition) is 3. The normalized spacial score (nSPS) is 61.1. The molecule has 4 fully saturated rings. The minimum absolute atomic E-state index is 0.0651. The average molecular weight is 374 g/mol. The molecule has 2 unspecified atom stereocenters. The summed E-state index contributed by atoms with van der Waals surface area (Å²) in [6.45, 7) is -2.85. The molecule has 0 spiro atoms. The molecule has 4 aliphatic carbocycles. The molecule has 4 saturated carbocycles. The number of H-pyrrole nitrogens is 1. The third-order valence-electron chi connectivity index (χ3n) is 4.43. The Kier molecular flexibility index (Phi) is 1.36. The fourth-order valence-electron chi connectivity index (χ4n) is 3.39. The van der Waals surface area contributed by atoms with Gasteiger partial charge in [0.25, 0.3) is 5.56 Å². The van der Waals surface area contributed by atoms with Gasteiger partial charge in [0.1, 0.15) is 11.3 Å². The third kappa shape index (κ3) is 2.01. The molecule has 0 saturated heterocycles. The summed E-state index contributed by atoms with van der Waals surface area (Å²) >= 11 is 0. The molecule has 2 heterocycles. The Balaban J connectivity index is 2.09. The topological polar surface area (TPSA) is 72.7 Å². The largest absolute Gasteiger partial charge is 0.336 e. The number of aromatic amines is 1. The summed E-state index contributed by atoms with van der Waals surface area (Å²) in [5.41, 5.74) is -8.51. The predicted molar refractivity (Wildman–Crippen MR) is 100 cm³/mol. The predicted octanol–water partition coefficient (Wildman–Crippen LogP) is 2.78. The Labute approximate surface area is 176 Å². The van der Waals surface area contributed by atoms with E-state index in [0.29, 0.717) is 0 Å². The van der Waals surface area contributed by atoms with Gasteiger partial charge in [-0.05, 0) is 62.4 Å². The smallest absolute Gasteiger partial charge is 0.332 e. The van der Waals surface area contributed by atoms with E-state index in [-0.39, 0.29) is 9.13 Å². The standard InChI is InChI=1S/C20H28N4O2/c1-3-5-23-16-15(17(25)24(6-4-2)19(23)26)21-18(22-16)20-10-12-7-13(11-20)9-14(20)8-12/h12-14H,3-11H2,1-2H3,(H,21,22)/i5D2,6D2,7D2,8D2,9D2,10D2,11D2,12D,13D,14D. The Morgan fingerprint density at radius 2 is 1.85 bits per heavy atom. The number of aryl methyl sites for hydroxylation is 1. The first-order valence-electron chi connectivity index (χ1n) is 16.8. The van der Waals surface area contributed by atoms with Gasteiger partial charge in [-0.15, -0.1) is 0 Å². The van der Waals surface area contributed by atoms with E-state index in [1.807, 2.05) is 0 Å². The van der Waals surface area contributed by atoms with Crippen molar-refractivity contribution in [2.45, 2.75) is 77.0 Å². The van der Waals surface area contributed by atoms with E-state index in [4.69, 9.17) is 21.9 Å². The maximum Gasteiger partial charge on any atom is 0.332 e. The lowest BCUT2D eigenvalue weighted by atomic mass is 9.75. The molecule has 1 N–H and O–H groups in total. The van der Waals surface area contributed by atoms with Crippen molar-refractivity contribution in [3.63, 3.8) is 0 Å². The molecule has 4 aliphatic rings. The highest BCUT2D eigenvalue weighted by atomic mass is 16.2. The van der Waals surface area contributed by atoms with Crippen molar-refractivity contribution in [2.75, 3.05) is 0 Å². The first-order chi connectivity index (χ1) is 19.0. The van der Waals surface area contributed by atoms with Crippen LogP contribution in [0.4, 0.5) is 0 Å². The number of nitrogens with zero attached hydrogens (tertiary/aromatic N) is 3. The van der Waals surface area contributed by atoms with Gasteiger partial charge in [-0.3, -0.25) is 13.9 Å². The number of rotatable bonds is 5. The lowest BCUT2D eigenvalue weighted by Gasteiger charge is -2.30. The number of imidazole rings is 1. The van der Waals surface area contributed by atoms with Crippen molar-refractivity contribution >= 4 is 11.2 Å². The van der Waals surface area contributed by atoms with Crippen LogP contribution in [0.1, 0.15) is 87.7 Å². The molecule has 140 valence electrons. The van der Waals surface area contributed by atoms with Crippen LogP contribution in [0.15, 0.2) is 9.59 Å². The van der Waals surface area contributed by atoms with Gasteiger partial charge in [0.05, 0.1) is 2.74 Å².